The van der Waals surface area contributed by atoms with Crippen LogP contribution in [-0.2, 0) is 0 Å². The van der Waals surface area contributed by atoms with Gasteiger partial charge in [0, 0.05) is 12.2 Å². The molecule has 0 aromatic heterocycles. The van der Waals surface area contributed by atoms with E-state index >= 15 is 0 Å². The lowest BCUT2D eigenvalue weighted by molar-refractivity contribution is 0.195. The van der Waals surface area contributed by atoms with Crippen molar-refractivity contribution in [3.05, 3.63) is 12.8 Å². The number of hydrogen-bond acceptors (Lipinski definition) is 2. The van der Waals surface area contributed by atoms with Crippen molar-refractivity contribution in [2.45, 2.75) is 38.6 Å². The molecule has 0 amide bonds. The second-order valence-electron chi connectivity index (χ2n) is 3.54. The van der Waals surface area contributed by atoms with Crippen LogP contribution in [0, 0.1) is 5.92 Å². The quantitative estimate of drug-likeness (QED) is 0.486. The zero-order chi connectivity index (χ0) is 8.27. The van der Waals surface area contributed by atoms with Crippen molar-refractivity contribution in [2.24, 2.45) is 11.8 Å². The molecule has 64 valence electrons. The van der Waals surface area contributed by atoms with Crippen LogP contribution in [0.25, 0.3) is 0 Å². The third-order valence-electron chi connectivity index (χ3n) is 2.62. The molecule has 0 aromatic rings. The molecular weight excluding hydrogens is 136 g/mol. The largest absolute Gasteiger partial charge is 0.316 e. The van der Waals surface area contributed by atoms with E-state index < -0.39 is 0 Å². The van der Waals surface area contributed by atoms with Gasteiger partial charge in [-0.2, -0.15) is 0 Å². The van der Waals surface area contributed by atoms with Gasteiger partial charge in [0.25, 0.3) is 0 Å². The summed E-state index contributed by atoms with van der Waals surface area (Å²) in [6, 6.07) is 0.545. The summed E-state index contributed by atoms with van der Waals surface area (Å²) in [6.45, 7) is 5.97. The Morgan fingerprint density at radius 1 is 1.36 bits per heavy atom. The van der Waals surface area contributed by atoms with Gasteiger partial charge in [0.15, 0.2) is 0 Å². The predicted molar refractivity (Wildman–Crippen MR) is 47.6 cm³/mol. The van der Waals surface area contributed by atoms with Crippen molar-refractivity contribution in [1.29, 1.82) is 0 Å². The summed E-state index contributed by atoms with van der Waals surface area (Å²) in [4.78, 5) is 0. The van der Waals surface area contributed by atoms with Gasteiger partial charge in [0.05, 0.1) is 0 Å². The van der Waals surface area contributed by atoms with Crippen molar-refractivity contribution >= 4 is 0 Å². The van der Waals surface area contributed by atoms with E-state index in [1.165, 1.54) is 25.7 Å². The zero-order valence-electron chi connectivity index (χ0n) is 7.29. The molecule has 0 aliphatic heterocycles. The Labute approximate surface area is 69.0 Å². The summed E-state index contributed by atoms with van der Waals surface area (Å²) in [5.74, 6) is 6.60. The highest BCUT2D eigenvalue weighted by molar-refractivity contribution is 4.79. The van der Waals surface area contributed by atoms with E-state index in [0.717, 1.165) is 5.92 Å². The molecular formula is C9H18N2. The van der Waals surface area contributed by atoms with E-state index in [1.54, 1.807) is 11.2 Å². The van der Waals surface area contributed by atoms with Crippen molar-refractivity contribution in [3.8, 4) is 0 Å². The summed E-state index contributed by atoms with van der Waals surface area (Å²) in [7, 11) is 0. The molecule has 1 saturated carbocycles. The van der Waals surface area contributed by atoms with Crippen molar-refractivity contribution in [1.82, 2.24) is 5.01 Å². The molecule has 0 unspecified atom stereocenters. The molecule has 2 heteroatoms. The first kappa shape index (κ1) is 8.60. The minimum atomic E-state index is 0.545. The molecule has 2 nitrogen and oxygen atoms in total. The Morgan fingerprint density at radius 3 is 2.36 bits per heavy atom. The van der Waals surface area contributed by atoms with Gasteiger partial charge in [-0.1, -0.05) is 13.5 Å². The second kappa shape index (κ2) is 3.77. The highest BCUT2D eigenvalue weighted by Crippen LogP contribution is 2.25. The maximum atomic E-state index is 5.71. The topological polar surface area (TPSA) is 29.3 Å². The average Bonchev–Trinajstić information content (AvgIpc) is 2.05. The molecule has 0 atom stereocenters. The van der Waals surface area contributed by atoms with Crippen molar-refractivity contribution < 1.29 is 0 Å². The number of hydrogen-bond donors (Lipinski definition) is 1. The van der Waals surface area contributed by atoms with Crippen molar-refractivity contribution in [3.63, 3.8) is 0 Å². The summed E-state index contributed by atoms with van der Waals surface area (Å²) in [6.07, 6.45) is 6.80. The maximum Gasteiger partial charge on any atom is 0.0445 e. The van der Waals surface area contributed by atoms with Gasteiger partial charge in [0.1, 0.15) is 0 Å². The Morgan fingerprint density at radius 2 is 1.91 bits per heavy atom. The normalized spacial score (nSPS) is 31.5. The van der Waals surface area contributed by atoms with Crippen LogP contribution >= 0.6 is 0 Å². The number of nitrogens with zero attached hydrogens (tertiary/aromatic N) is 1. The first-order valence-corrected chi connectivity index (χ1v) is 4.39. The van der Waals surface area contributed by atoms with Crippen LogP contribution in [-0.4, -0.2) is 11.1 Å². The first-order chi connectivity index (χ1) is 5.24. The highest BCUT2D eigenvalue weighted by atomic mass is 15.4. The van der Waals surface area contributed by atoms with Crippen LogP contribution in [0.3, 0.4) is 0 Å². The second-order valence-corrected chi connectivity index (χ2v) is 3.54. The zero-order valence-corrected chi connectivity index (χ0v) is 7.29. The molecule has 0 radical (unpaired) electrons. The average molecular weight is 154 g/mol. The Hall–Kier alpha value is -0.500. The number of rotatable bonds is 2. The van der Waals surface area contributed by atoms with Gasteiger partial charge >= 0.3 is 0 Å². The molecule has 0 aromatic carbocycles. The third kappa shape index (κ3) is 2.22. The molecule has 1 aliphatic rings. The first-order valence-electron chi connectivity index (χ1n) is 4.39. The van der Waals surface area contributed by atoms with Crippen LogP contribution in [0.1, 0.15) is 32.6 Å². The van der Waals surface area contributed by atoms with E-state index in [1.807, 2.05) is 0 Å². The fraction of sp³-hybridized carbons (Fsp3) is 0.778. The Bertz CT molecular complexity index is 126. The van der Waals surface area contributed by atoms with E-state index in [9.17, 15) is 0 Å². The van der Waals surface area contributed by atoms with Crippen LogP contribution in [0.4, 0.5) is 0 Å². The molecule has 2 N–H and O–H groups in total. The molecule has 1 rings (SSSR count). The lowest BCUT2D eigenvalue weighted by Gasteiger charge is -2.31. The molecule has 11 heavy (non-hydrogen) atoms. The fourth-order valence-electron chi connectivity index (χ4n) is 1.69. The monoisotopic (exact) mass is 154 g/mol. The van der Waals surface area contributed by atoms with Crippen LogP contribution in [0.2, 0.25) is 0 Å². The van der Waals surface area contributed by atoms with Crippen LogP contribution in [0.5, 0.6) is 0 Å². The van der Waals surface area contributed by atoms with Crippen molar-refractivity contribution in [2.75, 3.05) is 0 Å². The number of nitrogens with two attached hydrogens (primary N) is 1. The maximum absolute atomic E-state index is 5.71. The Balaban J connectivity index is 2.32. The standard InChI is InChI=1S/C9H18N2/c1-3-11(10)9-6-4-8(2)5-7-9/h3,8-9H,1,4-7,10H2,2H3. The van der Waals surface area contributed by atoms with Crippen LogP contribution < -0.4 is 5.84 Å². The molecule has 0 spiro atoms. The van der Waals surface area contributed by atoms with Crippen LogP contribution in [0.15, 0.2) is 12.8 Å². The van der Waals surface area contributed by atoms with Gasteiger partial charge in [-0.25, -0.2) is 5.84 Å². The fourth-order valence-corrected chi connectivity index (χ4v) is 1.69. The molecule has 0 saturated heterocycles. The lowest BCUT2D eigenvalue weighted by Crippen LogP contribution is -2.38. The predicted octanol–water partition coefficient (Wildman–Crippen LogP) is 1.88. The summed E-state index contributed by atoms with van der Waals surface area (Å²) < 4.78 is 0. The highest BCUT2D eigenvalue weighted by Gasteiger charge is 2.19. The van der Waals surface area contributed by atoms with Gasteiger partial charge in [-0.15, -0.1) is 0 Å². The summed E-state index contributed by atoms with van der Waals surface area (Å²) in [5, 5.41) is 1.76. The summed E-state index contributed by atoms with van der Waals surface area (Å²) in [5.41, 5.74) is 0. The minimum Gasteiger partial charge on any atom is -0.316 e. The van der Waals surface area contributed by atoms with Gasteiger partial charge < -0.3 is 5.01 Å². The smallest absolute Gasteiger partial charge is 0.0445 e. The van der Waals surface area contributed by atoms with E-state index in [2.05, 4.69) is 13.5 Å². The Kier molecular flexibility index (Phi) is 2.94. The summed E-state index contributed by atoms with van der Waals surface area (Å²) >= 11 is 0. The van der Waals surface area contributed by atoms with E-state index in [4.69, 9.17) is 5.84 Å². The minimum absolute atomic E-state index is 0.545. The molecule has 0 heterocycles. The number of hydrazine groups is 1. The third-order valence-corrected chi connectivity index (χ3v) is 2.62. The lowest BCUT2D eigenvalue weighted by atomic mass is 9.87. The van der Waals surface area contributed by atoms with E-state index in [0.29, 0.717) is 6.04 Å². The molecule has 0 bridgehead atoms. The van der Waals surface area contributed by atoms with Gasteiger partial charge in [0.2, 0.25) is 0 Å². The van der Waals surface area contributed by atoms with Gasteiger partial charge in [-0.3, -0.25) is 0 Å². The van der Waals surface area contributed by atoms with E-state index in [-0.39, 0.29) is 0 Å². The van der Waals surface area contributed by atoms with Gasteiger partial charge in [-0.05, 0) is 31.6 Å². The molecule has 1 fully saturated rings. The SMILES string of the molecule is C=CN(N)C1CCC(C)CC1. The molecule has 1 aliphatic carbocycles.